The van der Waals surface area contributed by atoms with Gasteiger partial charge in [0, 0.05) is 43.2 Å². The quantitative estimate of drug-likeness (QED) is 0.781. The summed E-state index contributed by atoms with van der Waals surface area (Å²) in [6, 6.07) is 13.3. The molecule has 28 heavy (non-hydrogen) atoms. The third-order valence-corrected chi connectivity index (χ3v) is 7.59. The first-order valence-corrected chi connectivity index (χ1v) is 11.8. The monoisotopic (exact) mass is 417 g/mol. The number of nitrogens with one attached hydrogen (secondary N) is 2. The SMILES string of the molecule is O=C1CCSc2ccc(S(=O)(=O)NCCN3CCc4ccccc4C3)cc2N1. The van der Waals surface area contributed by atoms with Crippen LogP contribution in [0.2, 0.25) is 0 Å². The molecule has 2 aliphatic heterocycles. The minimum absolute atomic E-state index is 0.0841. The van der Waals surface area contributed by atoms with Crippen LogP contribution < -0.4 is 10.0 Å². The second kappa shape index (κ2) is 8.24. The normalized spacial score (nSPS) is 17.4. The Morgan fingerprint density at radius 1 is 1.11 bits per heavy atom. The lowest BCUT2D eigenvalue weighted by atomic mass is 10.0. The van der Waals surface area contributed by atoms with E-state index >= 15 is 0 Å². The Morgan fingerprint density at radius 2 is 1.93 bits per heavy atom. The fourth-order valence-corrected chi connectivity index (χ4v) is 5.52. The number of rotatable bonds is 5. The lowest BCUT2D eigenvalue weighted by Crippen LogP contribution is -2.37. The third kappa shape index (κ3) is 4.41. The number of hydrogen-bond acceptors (Lipinski definition) is 5. The smallest absolute Gasteiger partial charge is 0.240 e. The molecule has 0 bridgehead atoms. The van der Waals surface area contributed by atoms with Gasteiger partial charge in [-0.3, -0.25) is 9.69 Å². The molecule has 0 saturated heterocycles. The van der Waals surface area contributed by atoms with Gasteiger partial charge in [-0.15, -0.1) is 11.8 Å². The molecule has 2 aromatic rings. The molecule has 0 saturated carbocycles. The topological polar surface area (TPSA) is 78.5 Å². The molecular formula is C20H23N3O3S2. The van der Waals surface area contributed by atoms with Crippen LogP contribution in [0.4, 0.5) is 5.69 Å². The average molecular weight is 418 g/mol. The highest BCUT2D eigenvalue weighted by atomic mass is 32.2. The van der Waals surface area contributed by atoms with E-state index in [0.717, 1.165) is 24.4 Å². The zero-order valence-corrected chi connectivity index (χ0v) is 17.1. The van der Waals surface area contributed by atoms with Crippen molar-refractivity contribution in [2.75, 3.05) is 30.7 Å². The molecule has 4 rings (SSSR count). The number of amides is 1. The molecule has 0 radical (unpaired) electrons. The molecular weight excluding hydrogens is 394 g/mol. The summed E-state index contributed by atoms with van der Waals surface area (Å²) in [5, 5.41) is 2.79. The van der Waals surface area contributed by atoms with Gasteiger partial charge >= 0.3 is 0 Å². The van der Waals surface area contributed by atoms with Gasteiger partial charge in [-0.1, -0.05) is 24.3 Å². The summed E-state index contributed by atoms with van der Waals surface area (Å²) in [6.07, 6.45) is 1.42. The van der Waals surface area contributed by atoms with Crippen molar-refractivity contribution in [3.8, 4) is 0 Å². The summed E-state index contributed by atoms with van der Waals surface area (Å²) < 4.78 is 28.0. The zero-order valence-electron chi connectivity index (χ0n) is 15.5. The summed E-state index contributed by atoms with van der Waals surface area (Å²) in [4.78, 5) is 15.1. The van der Waals surface area contributed by atoms with Gasteiger partial charge in [-0.25, -0.2) is 13.1 Å². The first-order valence-electron chi connectivity index (χ1n) is 9.37. The molecule has 0 fully saturated rings. The molecule has 0 atom stereocenters. The number of thioether (sulfide) groups is 1. The Kier molecular flexibility index (Phi) is 5.73. The molecule has 8 heteroatoms. The van der Waals surface area contributed by atoms with Crippen molar-refractivity contribution in [3.05, 3.63) is 53.6 Å². The summed E-state index contributed by atoms with van der Waals surface area (Å²) >= 11 is 1.56. The number of sulfonamides is 1. The Labute approximate surface area is 169 Å². The molecule has 0 aromatic heterocycles. The van der Waals surface area contributed by atoms with Gasteiger partial charge in [0.15, 0.2) is 0 Å². The standard InChI is InChI=1S/C20H23N3O3S2/c24-20-8-12-27-19-6-5-17(13-18(19)22-20)28(25,26)21-9-11-23-10-7-15-3-1-2-4-16(15)14-23/h1-6,13,21H,7-12,14H2,(H,22,24). The van der Waals surface area contributed by atoms with E-state index in [1.54, 1.807) is 30.0 Å². The molecule has 6 nitrogen and oxygen atoms in total. The first kappa shape index (κ1) is 19.4. The van der Waals surface area contributed by atoms with Crippen molar-refractivity contribution in [3.63, 3.8) is 0 Å². The number of nitrogens with zero attached hydrogens (tertiary/aromatic N) is 1. The van der Waals surface area contributed by atoms with Gasteiger partial charge < -0.3 is 5.32 Å². The molecule has 1 amide bonds. The van der Waals surface area contributed by atoms with Crippen LogP contribution >= 0.6 is 11.8 Å². The number of anilines is 1. The second-order valence-corrected chi connectivity index (χ2v) is 9.90. The Bertz CT molecular complexity index is 992. The number of carbonyl (C=O) groups excluding carboxylic acids is 1. The molecule has 148 valence electrons. The molecule has 2 heterocycles. The van der Waals surface area contributed by atoms with Crippen LogP contribution in [0.1, 0.15) is 17.5 Å². The number of hydrogen-bond donors (Lipinski definition) is 2. The van der Waals surface area contributed by atoms with Crippen molar-refractivity contribution >= 4 is 33.4 Å². The number of benzene rings is 2. The van der Waals surface area contributed by atoms with Crippen LogP contribution in [-0.2, 0) is 27.8 Å². The lowest BCUT2D eigenvalue weighted by molar-refractivity contribution is -0.115. The summed E-state index contributed by atoms with van der Waals surface area (Å²) in [7, 11) is -3.62. The van der Waals surface area contributed by atoms with Crippen LogP contribution in [0, 0.1) is 0 Å². The highest BCUT2D eigenvalue weighted by Gasteiger charge is 2.20. The first-order chi connectivity index (χ1) is 13.5. The van der Waals surface area contributed by atoms with Crippen molar-refractivity contribution in [1.29, 1.82) is 0 Å². The molecule has 0 unspecified atom stereocenters. The van der Waals surface area contributed by atoms with Crippen LogP contribution in [0.3, 0.4) is 0 Å². The minimum Gasteiger partial charge on any atom is -0.325 e. The zero-order chi connectivity index (χ0) is 19.6. The summed E-state index contributed by atoms with van der Waals surface area (Å²) in [6.45, 7) is 2.79. The van der Waals surface area contributed by atoms with E-state index in [-0.39, 0.29) is 10.8 Å². The van der Waals surface area contributed by atoms with E-state index in [1.807, 2.05) is 6.07 Å². The number of carbonyl (C=O) groups is 1. The molecule has 0 aliphatic carbocycles. The van der Waals surface area contributed by atoms with Crippen LogP contribution in [0.5, 0.6) is 0 Å². The summed E-state index contributed by atoms with van der Waals surface area (Å²) in [5.74, 6) is 0.612. The van der Waals surface area contributed by atoms with Crippen LogP contribution in [-0.4, -0.2) is 44.6 Å². The lowest BCUT2D eigenvalue weighted by Gasteiger charge is -2.28. The van der Waals surface area contributed by atoms with Gasteiger partial charge in [-0.05, 0) is 35.7 Å². The van der Waals surface area contributed by atoms with E-state index in [4.69, 9.17) is 0 Å². The fraction of sp³-hybridized carbons (Fsp3) is 0.350. The maximum Gasteiger partial charge on any atom is 0.240 e. The van der Waals surface area contributed by atoms with E-state index < -0.39 is 10.0 Å². The van der Waals surface area contributed by atoms with Crippen molar-refractivity contribution in [1.82, 2.24) is 9.62 Å². The van der Waals surface area contributed by atoms with Crippen molar-refractivity contribution in [2.24, 2.45) is 0 Å². The van der Waals surface area contributed by atoms with E-state index in [2.05, 4.69) is 33.1 Å². The minimum atomic E-state index is -3.62. The van der Waals surface area contributed by atoms with Crippen molar-refractivity contribution < 1.29 is 13.2 Å². The third-order valence-electron chi connectivity index (χ3n) is 5.05. The predicted octanol–water partition coefficient (Wildman–Crippen LogP) is 2.46. The Hall–Kier alpha value is -1.87. The fourth-order valence-electron chi connectivity index (χ4n) is 3.53. The van der Waals surface area contributed by atoms with Gasteiger partial charge in [0.1, 0.15) is 0 Å². The maximum absolute atomic E-state index is 12.7. The van der Waals surface area contributed by atoms with Crippen LogP contribution in [0.15, 0.2) is 52.3 Å². The molecule has 2 aromatic carbocycles. The molecule has 0 spiro atoms. The summed E-state index contributed by atoms with van der Waals surface area (Å²) in [5.41, 5.74) is 3.27. The largest absolute Gasteiger partial charge is 0.325 e. The van der Waals surface area contributed by atoms with E-state index in [1.165, 1.54) is 11.1 Å². The Balaban J connectivity index is 1.38. The predicted molar refractivity (Wildman–Crippen MR) is 111 cm³/mol. The van der Waals surface area contributed by atoms with Gasteiger partial charge in [0.2, 0.25) is 15.9 Å². The average Bonchev–Trinajstić information content (AvgIpc) is 2.87. The van der Waals surface area contributed by atoms with Gasteiger partial charge in [0.05, 0.1) is 10.6 Å². The van der Waals surface area contributed by atoms with Crippen LogP contribution in [0.25, 0.3) is 0 Å². The second-order valence-electron chi connectivity index (χ2n) is 7.00. The van der Waals surface area contributed by atoms with E-state index in [0.29, 0.717) is 31.0 Å². The Morgan fingerprint density at radius 3 is 2.79 bits per heavy atom. The highest BCUT2D eigenvalue weighted by molar-refractivity contribution is 7.99. The molecule has 2 N–H and O–H groups in total. The number of fused-ring (bicyclic) bond motifs is 2. The van der Waals surface area contributed by atoms with Crippen molar-refractivity contribution in [2.45, 2.75) is 29.2 Å². The highest BCUT2D eigenvalue weighted by Crippen LogP contribution is 2.32. The van der Waals surface area contributed by atoms with Gasteiger partial charge in [0.25, 0.3) is 0 Å². The van der Waals surface area contributed by atoms with E-state index in [9.17, 15) is 13.2 Å². The molecule has 2 aliphatic rings. The van der Waals surface area contributed by atoms with Gasteiger partial charge in [-0.2, -0.15) is 0 Å². The maximum atomic E-state index is 12.7.